The molecule has 0 saturated carbocycles. The number of nitrogens with one attached hydrogen (secondary N) is 1. The largest absolute Gasteiger partial charge is 0.505 e. The first-order valence-electron chi connectivity index (χ1n) is 10.4. The lowest BCUT2D eigenvalue weighted by atomic mass is 10.0. The number of aromatic nitrogens is 2. The number of aromatic hydroxyl groups is 1. The van der Waals surface area contributed by atoms with E-state index in [1.54, 1.807) is 18.2 Å². The lowest BCUT2D eigenvalue weighted by Gasteiger charge is -2.16. The van der Waals surface area contributed by atoms with Crippen LogP contribution in [0.25, 0.3) is 11.4 Å². The Morgan fingerprint density at radius 3 is 2.58 bits per heavy atom. The molecule has 2 N–H and O–H groups in total. The molecule has 160 valence electrons. The summed E-state index contributed by atoms with van der Waals surface area (Å²) >= 11 is 0. The molecular weight excluding hydrogens is 398 g/mol. The Labute approximate surface area is 179 Å². The van der Waals surface area contributed by atoms with Crippen molar-refractivity contribution in [3.8, 4) is 17.1 Å². The van der Waals surface area contributed by atoms with Crippen molar-refractivity contribution in [1.82, 2.24) is 9.97 Å². The third kappa shape index (κ3) is 4.55. The first-order valence-corrected chi connectivity index (χ1v) is 10.4. The molecule has 1 atom stereocenters. The standard InChI is InChI=1S/C24H24F2N4O/c1-3-4-20-22-18(11-5-14(2)27-20)24(28-17-10-12-21(31)19(26)13-17)30-23(29-22)15-6-8-16(25)9-7-15/h6-10,12-14,31H,3-5,11H2,1-2H3,(H,28,29,30). The van der Waals surface area contributed by atoms with Gasteiger partial charge in [0.1, 0.15) is 11.6 Å². The van der Waals surface area contributed by atoms with Crippen LogP contribution in [0.5, 0.6) is 5.75 Å². The van der Waals surface area contributed by atoms with Crippen LogP contribution in [0.3, 0.4) is 0 Å². The van der Waals surface area contributed by atoms with Crippen LogP contribution < -0.4 is 5.32 Å². The molecule has 0 aliphatic carbocycles. The predicted molar refractivity (Wildman–Crippen MR) is 118 cm³/mol. The smallest absolute Gasteiger partial charge is 0.166 e. The number of phenolic OH excluding ortho intramolecular Hbond substituents is 1. The molecule has 2 aromatic carbocycles. The van der Waals surface area contributed by atoms with Gasteiger partial charge in [0.2, 0.25) is 0 Å². The van der Waals surface area contributed by atoms with E-state index >= 15 is 0 Å². The van der Waals surface area contributed by atoms with Crippen molar-refractivity contribution in [3.05, 3.63) is 65.4 Å². The average molecular weight is 422 g/mol. The normalized spacial score (nSPS) is 15.7. The molecule has 0 saturated heterocycles. The topological polar surface area (TPSA) is 70.4 Å². The minimum atomic E-state index is -0.717. The molecule has 0 fully saturated rings. The van der Waals surface area contributed by atoms with Gasteiger partial charge >= 0.3 is 0 Å². The van der Waals surface area contributed by atoms with Crippen LogP contribution in [-0.4, -0.2) is 26.8 Å². The van der Waals surface area contributed by atoms with E-state index in [1.807, 2.05) is 0 Å². The van der Waals surface area contributed by atoms with Crippen LogP contribution in [-0.2, 0) is 6.42 Å². The van der Waals surface area contributed by atoms with Gasteiger partial charge in [-0.15, -0.1) is 0 Å². The zero-order valence-electron chi connectivity index (χ0n) is 17.5. The lowest BCUT2D eigenvalue weighted by Crippen LogP contribution is -2.12. The van der Waals surface area contributed by atoms with E-state index in [0.717, 1.165) is 42.7 Å². The Bertz CT molecular complexity index is 1130. The Morgan fingerprint density at radius 2 is 1.87 bits per heavy atom. The second kappa shape index (κ2) is 8.79. The summed E-state index contributed by atoms with van der Waals surface area (Å²) in [6.07, 6.45) is 3.27. The van der Waals surface area contributed by atoms with Crippen LogP contribution >= 0.6 is 0 Å². The van der Waals surface area contributed by atoms with E-state index in [-0.39, 0.29) is 11.9 Å². The van der Waals surface area contributed by atoms with Crippen molar-refractivity contribution in [2.45, 2.75) is 45.6 Å². The molecule has 0 spiro atoms. The maximum atomic E-state index is 13.9. The number of aliphatic imine (C=N–C) groups is 1. The van der Waals surface area contributed by atoms with E-state index in [2.05, 4.69) is 19.2 Å². The van der Waals surface area contributed by atoms with Gasteiger partial charge in [0.25, 0.3) is 0 Å². The molecule has 0 amide bonds. The summed E-state index contributed by atoms with van der Waals surface area (Å²) in [5.74, 6) is -0.458. The van der Waals surface area contributed by atoms with E-state index in [9.17, 15) is 13.9 Å². The van der Waals surface area contributed by atoms with E-state index in [0.29, 0.717) is 22.9 Å². The maximum Gasteiger partial charge on any atom is 0.166 e. The van der Waals surface area contributed by atoms with Gasteiger partial charge in [-0.3, -0.25) is 4.99 Å². The van der Waals surface area contributed by atoms with Crippen molar-refractivity contribution in [1.29, 1.82) is 0 Å². The summed E-state index contributed by atoms with van der Waals surface area (Å²) in [6, 6.07) is 10.3. The quantitative estimate of drug-likeness (QED) is 0.510. The molecule has 1 aliphatic heterocycles. The molecule has 0 radical (unpaired) electrons. The van der Waals surface area contributed by atoms with Gasteiger partial charge in [0, 0.05) is 28.9 Å². The zero-order chi connectivity index (χ0) is 22.0. The van der Waals surface area contributed by atoms with E-state index < -0.39 is 11.6 Å². The van der Waals surface area contributed by atoms with Crippen molar-refractivity contribution >= 4 is 17.2 Å². The van der Waals surface area contributed by atoms with Crippen molar-refractivity contribution < 1.29 is 13.9 Å². The molecule has 1 aliphatic rings. The number of fused-ring (bicyclic) bond motifs is 1. The number of hydrogen-bond acceptors (Lipinski definition) is 5. The highest BCUT2D eigenvalue weighted by Crippen LogP contribution is 2.31. The Hall–Kier alpha value is -3.35. The third-order valence-corrected chi connectivity index (χ3v) is 5.27. The second-order valence-electron chi connectivity index (χ2n) is 7.73. The van der Waals surface area contributed by atoms with E-state index in [4.69, 9.17) is 15.0 Å². The summed E-state index contributed by atoms with van der Waals surface area (Å²) in [5.41, 5.74) is 3.77. The summed E-state index contributed by atoms with van der Waals surface area (Å²) < 4.78 is 27.3. The van der Waals surface area contributed by atoms with E-state index in [1.165, 1.54) is 24.3 Å². The Balaban J connectivity index is 1.87. The number of rotatable bonds is 5. The highest BCUT2D eigenvalue weighted by molar-refractivity contribution is 6.02. The Kier molecular flexibility index (Phi) is 5.93. The maximum absolute atomic E-state index is 13.9. The highest BCUT2D eigenvalue weighted by Gasteiger charge is 2.23. The van der Waals surface area contributed by atoms with Crippen LogP contribution in [0.2, 0.25) is 0 Å². The summed E-state index contributed by atoms with van der Waals surface area (Å²) in [7, 11) is 0. The van der Waals surface area contributed by atoms with Gasteiger partial charge in [0.05, 0.1) is 11.4 Å². The lowest BCUT2D eigenvalue weighted by molar-refractivity contribution is 0.432. The predicted octanol–water partition coefficient (Wildman–Crippen LogP) is 5.79. The fourth-order valence-corrected chi connectivity index (χ4v) is 3.68. The SMILES string of the molecule is CCCC1=NC(C)CCc2c(Nc3ccc(O)c(F)c3)nc(-c3ccc(F)cc3)nc21. The van der Waals surface area contributed by atoms with Gasteiger partial charge in [-0.25, -0.2) is 18.7 Å². The molecule has 0 bridgehead atoms. The van der Waals surface area contributed by atoms with Crippen molar-refractivity contribution in [3.63, 3.8) is 0 Å². The average Bonchev–Trinajstić information content (AvgIpc) is 2.90. The molecule has 31 heavy (non-hydrogen) atoms. The van der Waals surface area contributed by atoms with Gasteiger partial charge in [-0.05, 0) is 62.6 Å². The molecular formula is C24H24F2N4O. The van der Waals surface area contributed by atoms with Gasteiger partial charge in [-0.2, -0.15) is 0 Å². The monoisotopic (exact) mass is 422 g/mol. The first kappa shape index (κ1) is 20.9. The molecule has 1 unspecified atom stereocenters. The minimum Gasteiger partial charge on any atom is -0.505 e. The van der Waals surface area contributed by atoms with Gasteiger partial charge in [-0.1, -0.05) is 13.3 Å². The molecule has 4 rings (SSSR count). The van der Waals surface area contributed by atoms with Crippen LogP contribution in [0.15, 0.2) is 47.5 Å². The summed E-state index contributed by atoms with van der Waals surface area (Å²) in [5, 5.41) is 12.7. The zero-order valence-corrected chi connectivity index (χ0v) is 17.5. The number of hydrogen-bond donors (Lipinski definition) is 2. The minimum absolute atomic E-state index is 0.156. The molecule has 3 aromatic rings. The Morgan fingerprint density at radius 1 is 1.10 bits per heavy atom. The van der Waals surface area contributed by atoms with Crippen molar-refractivity contribution in [2.75, 3.05) is 5.32 Å². The summed E-state index contributed by atoms with van der Waals surface area (Å²) in [6.45, 7) is 4.18. The van der Waals surface area contributed by atoms with Crippen LogP contribution in [0.1, 0.15) is 44.4 Å². The molecule has 1 aromatic heterocycles. The van der Waals surface area contributed by atoms with Crippen molar-refractivity contribution in [2.24, 2.45) is 4.99 Å². The molecule has 7 heteroatoms. The summed E-state index contributed by atoms with van der Waals surface area (Å²) in [4.78, 5) is 14.4. The fraction of sp³-hybridized carbons (Fsp3) is 0.292. The first-order chi connectivity index (χ1) is 14.9. The second-order valence-corrected chi connectivity index (χ2v) is 7.73. The van der Waals surface area contributed by atoms with Crippen LogP contribution in [0, 0.1) is 11.6 Å². The number of nitrogens with zero attached hydrogens (tertiary/aromatic N) is 3. The number of phenols is 1. The van der Waals surface area contributed by atoms with Gasteiger partial charge in [0.15, 0.2) is 17.4 Å². The van der Waals surface area contributed by atoms with Crippen LogP contribution in [0.4, 0.5) is 20.3 Å². The fourth-order valence-electron chi connectivity index (χ4n) is 3.68. The molecule has 2 heterocycles. The number of benzene rings is 2. The third-order valence-electron chi connectivity index (χ3n) is 5.27. The molecule has 5 nitrogen and oxygen atoms in total. The number of anilines is 2. The highest BCUT2D eigenvalue weighted by atomic mass is 19.1. The van der Waals surface area contributed by atoms with Gasteiger partial charge < -0.3 is 10.4 Å². The number of halogens is 2.